The van der Waals surface area contributed by atoms with E-state index in [2.05, 4.69) is 34.3 Å². The van der Waals surface area contributed by atoms with Gasteiger partial charge in [-0.05, 0) is 69.9 Å². The average Bonchev–Trinajstić information content (AvgIpc) is 2.43. The Morgan fingerprint density at radius 1 is 1.32 bits per heavy atom. The number of nitrogens with zero attached hydrogens (tertiary/aromatic N) is 2. The van der Waals surface area contributed by atoms with Crippen LogP contribution in [-0.4, -0.2) is 36.1 Å². The monoisotopic (exact) mass is 261 g/mol. The Morgan fingerprint density at radius 2 is 2.11 bits per heavy atom. The van der Waals surface area contributed by atoms with Crippen molar-refractivity contribution in [1.82, 2.24) is 15.2 Å². The van der Waals surface area contributed by atoms with E-state index in [1.54, 1.807) is 0 Å². The predicted octanol–water partition coefficient (Wildman–Crippen LogP) is 2.60. The standard InChI is InChI=1S/C16H27N3/c1-14-6-10-19(11-7-14)9-3-8-17-12-16-5-4-15(2)18-13-16/h4-5,13-14,17H,3,6-12H2,1-2H3. The molecule has 1 fully saturated rings. The fraction of sp³-hybridized carbons (Fsp3) is 0.688. The highest BCUT2D eigenvalue weighted by atomic mass is 15.1. The number of hydrogen-bond acceptors (Lipinski definition) is 3. The van der Waals surface area contributed by atoms with Gasteiger partial charge in [-0.2, -0.15) is 0 Å². The van der Waals surface area contributed by atoms with Crippen LogP contribution in [0, 0.1) is 12.8 Å². The molecule has 0 bridgehead atoms. The third-order valence-corrected chi connectivity index (χ3v) is 4.01. The molecule has 2 rings (SSSR count). The molecule has 0 unspecified atom stereocenters. The fourth-order valence-electron chi connectivity index (χ4n) is 2.55. The minimum absolute atomic E-state index is 0.934. The second-order valence-corrected chi connectivity index (χ2v) is 5.86. The van der Waals surface area contributed by atoms with E-state index >= 15 is 0 Å². The van der Waals surface area contributed by atoms with Crippen molar-refractivity contribution in [1.29, 1.82) is 0 Å². The number of rotatable bonds is 6. The molecular weight excluding hydrogens is 234 g/mol. The summed E-state index contributed by atoms with van der Waals surface area (Å²) in [7, 11) is 0. The molecule has 3 nitrogen and oxygen atoms in total. The molecule has 0 radical (unpaired) electrons. The molecule has 0 atom stereocenters. The Morgan fingerprint density at radius 3 is 2.79 bits per heavy atom. The maximum absolute atomic E-state index is 4.31. The number of aromatic nitrogens is 1. The molecule has 1 aliphatic rings. The van der Waals surface area contributed by atoms with Gasteiger partial charge in [-0.15, -0.1) is 0 Å². The van der Waals surface area contributed by atoms with Gasteiger partial charge in [-0.25, -0.2) is 0 Å². The Hall–Kier alpha value is -0.930. The van der Waals surface area contributed by atoms with Crippen molar-refractivity contribution in [2.24, 2.45) is 5.92 Å². The number of nitrogens with one attached hydrogen (secondary N) is 1. The van der Waals surface area contributed by atoms with Crippen molar-refractivity contribution >= 4 is 0 Å². The van der Waals surface area contributed by atoms with Gasteiger partial charge in [0, 0.05) is 18.4 Å². The largest absolute Gasteiger partial charge is 0.313 e. The molecule has 0 aliphatic carbocycles. The summed E-state index contributed by atoms with van der Waals surface area (Å²) in [5.74, 6) is 0.934. The molecule has 0 aromatic carbocycles. The van der Waals surface area contributed by atoms with Crippen molar-refractivity contribution in [3.63, 3.8) is 0 Å². The van der Waals surface area contributed by atoms with Crippen LogP contribution >= 0.6 is 0 Å². The van der Waals surface area contributed by atoms with Crippen molar-refractivity contribution in [2.75, 3.05) is 26.2 Å². The quantitative estimate of drug-likeness (QED) is 0.798. The predicted molar refractivity (Wildman–Crippen MR) is 80.1 cm³/mol. The van der Waals surface area contributed by atoms with E-state index in [0.717, 1.165) is 24.7 Å². The van der Waals surface area contributed by atoms with E-state index in [1.165, 1.54) is 44.5 Å². The minimum atomic E-state index is 0.934. The second kappa shape index (κ2) is 7.61. The molecular formula is C16H27N3. The Balaban J connectivity index is 1.53. The first-order valence-corrected chi connectivity index (χ1v) is 7.58. The van der Waals surface area contributed by atoms with Crippen LogP contribution in [0.15, 0.2) is 18.3 Å². The van der Waals surface area contributed by atoms with Crippen molar-refractivity contribution in [3.05, 3.63) is 29.6 Å². The molecule has 2 heterocycles. The van der Waals surface area contributed by atoms with Gasteiger partial charge in [0.25, 0.3) is 0 Å². The van der Waals surface area contributed by atoms with Gasteiger partial charge in [-0.3, -0.25) is 4.98 Å². The first kappa shape index (κ1) is 14.5. The Labute approximate surface area is 117 Å². The van der Waals surface area contributed by atoms with Gasteiger partial charge in [0.05, 0.1) is 0 Å². The van der Waals surface area contributed by atoms with E-state index in [9.17, 15) is 0 Å². The van der Waals surface area contributed by atoms with E-state index in [-0.39, 0.29) is 0 Å². The summed E-state index contributed by atoms with van der Waals surface area (Å²) >= 11 is 0. The zero-order valence-electron chi connectivity index (χ0n) is 12.4. The molecule has 106 valence electrons. The van der Waals surface area contributed by atoms with Crippen LogP contribution in [0.5, 0.6) is 0 Å². The maximum atomic E-state index is 4.31. The minimum Gasteiger partial charge on any atom is -0.313 e. The fourth-order valence-corrected chi connectivity index (χ4v) is 2.55. The first-order chi connectivity index (χ1) is 9.24. The summed E-state index contributed by atoms with van der Waals surface area (Å²) in [6.07, 6.45) is 5.97. The third kappa shape index (κ3) is 5.29. The van der Waals surface area contributed by atoms with Gasteiger partial charge in [0.2, 0.25) is 0 Å². The van der Waals surface area contributed by atoms with E-state index in [1.807, 2.05) is 13.1 Å². The molecule has 3 heteroatoms. The van der Waals surface area contributed by atoms with E-state index in [4.69, 9.17) is 0 Å². The van der Waals surface area contributed by atoms with Crippen LogP contribution in [0.25, 0.3) is 0 Å². The van der Waals surface area contributed by atoms with Gasteiger partial charge in [0.1, 0.15) is 0 Å². The SMILES string of the molecule is Cc1ccc(CNCCCN2CCC(C)CC2)cn1. The Bertz CT molecular complexity index is 353. The topological polar surface area (TPSA) is 28.2 Å². The lowest BCUT2D eigenvalue weighted by molar-refractivity contribution is 0.190. The van der Waals surface area contributed by atoms with Gasteiger partial charge in [0.15, 0.2) is 0 Å². The molecule has 1 aromatic heterocycles. The summed E-state index contributed by atoms with van der Waals surface area (Å²) in [6, 6.07) is 4.23. The third-order valence-electron chi connectivity index (χ3n) is 4.01. The molecule has 1 aliphatic heterocycles. The molecule has 0 saturated carbocycles. The van der Waals surface area contributed by atoms with Gasteiger partial charge < -0.3 is 10.2 Å². The normalized spacial score (nSPS) is 17.8. The summed E-state index contributed by atoms with van der Waals surface area (Å²) in [4.78, 5) is 6.92. The summed E-state index contributed by atoms with van der Waals surface area (Å²) in [5.41, 5.74) is 2.36. The van der Waals surface area contributed by atoms with Crippen LogP contribution in [0.4, 0.5) is 0 Å². The number of piperidine rings is 1. The van der Waals surface area contributed by atoms with E-state index in [0.29, 0.717) is 0 Å². The summed E-state index contributed by atoms with van der Waals surface area (Å²) < 4.78 is 0. The molecule has 1 aromatic rings. The van der Waals surface area contributed by atoms with Crippen LogP contribution < -0.4 is 5.32 Å². The molecule has 0 spiro atoms. The lowest BCUT2D eigenvalue weighted by atomic mass is 9.99. The van der Waals surface area contributed by atoms with Gasteiger partial charge in [-0.1, -0.05) is 13.0 Å². The van der Waals surface area contributed by atoms with Crippen LogP contribution in [-0.2, 0) is 6.54 Å². The molecule has 1 N–H and O–H groups in total. The highest BCUT2D eigenvalue weighted by Crippen LogP contribution is 2.15. The zero-order chi connectivity index (χ0) is 13.5. The highest BCUT2D eigenvalue weighted by Gasteiger charge is 2.14. The smallest absolute Gasteiger partial charge is 0.0372 e. The Kier molecular flexibility index (Phi) is 5.80. The zero-order valence-corrected chi connectivity index (χ0v) is 12.4. The second-order valence-electron chi connectivity index (χ2n) is 5.86. The number of likely N-dealkylation sites (tertiary alicyclic amines) is 1. The number of aryl methyl sites for hydroxylation is 1. The highest BCUT2D eigenvalue weighted by molar-refractivity contribution is 5.12. The molecule has 0 amide bonds. The number of hydrogen-bond donors (Lipinski definition) is 1. The lowest BCUT2D eigenvalue weighted by Gasteiger charge is -2.30. The van der Waals surface area contributed by atoms with E-state index < -0.39 is 0 Å². The molecule has 19 heavy (non-hydrogen) atoms. The summed E-state index contributed by atoms with van der Waals surface area (Å²) in [5, 5.41) is 3.50. The van der Waals surface area contributed by atoms with Crippen LogP contribution in [0.2, 0.25) is 0 Å². The van der Waals surface area contributed by atoms with Crippen molar-refractivity contribution in [3.8, 4) is 0 Å². The van der Waals surface area contributed by atoms with Gasteiger partial charge >= 0.3 is 0 Å². The average molecular weight is 261 g/mol. The lowest BCUT2D eigenvalue weighted by Crippen LogP contribution is -2.34. The molecule has 1 saturated heterocycles. The van der Waals surface area contributed by atoms with Crippen molar-refractivity contribution < 1.29 is 0 Å². The van der Waals surface area contributed by atoms with Crippen LogP contribution in [0.1, 0.15) is 37.4 Å². The van der Waals surface area contributed by atoms with Crippen LogP contribution in [0.3, 0.4) is 0 Å². The maximum Gasteiger partial charge on any atom is 0.0372 e. The first-order valence-electron chi connectivity index (χ1n) is 7.58. The summed E-state index contributed by atoms with van der Waals surface area (Å²) in [6.45, 7) is 10.3. The van der Waals surface area contributed by atoms with Crippen molar-refractivity contribution in [2.45, 2.75) is 39.7 Å². The number of pyridine rings is 1.